The number of carbonyl (C=O) groups excluding carboxylic acids is 2. The third-order valence-electron chi connectivity index (χ3n) is 7.87. The molecule has 0 radical (unpaired) electrons. The van der Waals surface area contributed by atoms with Crippen LogP contribution in [0.15, 0.2) is 85.2 Å². The highest BCUT2D eigenvalue weighted by molar-refractivity contribution is 6.32. The van der Waals surface area contributed by atoms with E-state index in [4.69, 9.17) is 31.1 Å². The van der Waals surface area contributed by atoms with Gasteiger partial charge in [0.25, 0.3) is 0 Å². The van der Waals surface area contributed by atoms with Gasteiger partial charge in [-0.1, -0.05) is 54.1 Å². The van der Waals surface area contributed by atoms with Crippen molar-refractivity contribution in [3.63, 3.8) is 0 Å². The van der Waals surface area contributed by atoms with Crippen LogP contribution in [0.25, 0.3) is 22.3 Å². The monoisotopic (exact) mass is 684 g/mol. The van der Waals surface area contributed by atoms with E-state index in [2.05, 4.69) is 4.98 Å². The number of aromatic nitrogens is 1. The van der Waals surface area contributed by atoms with Crippen LogP contribution in [-0.2, 0) is 24.2 Å². The molecule has 0 aliphatic carbocycles. The van der Waals surface area contributed by atoms with E-state index in [1.807, 2.05) is 44.2 Å². The maximum atomic E-state index is 13.9. The van der Waals surface area contributed by atoms with Crippen LogP contribution in [0.2, 0.25) is 5.02 Å². The van der Waals surface area contributed by atoms with Crippen LogP contribution in [0.1, 0.15) is 43.7 Å². The highest BCUT2D eigenvalue weighted by Gasteiger charge is 2.35. The standard InChI is InChI=1S/C38H28ClF3N2O5/c1-23-28(22-49-37-16-36(29(20-46)15-34(37)39)48-21-26-13-25(17-43)18-44-19-26)5-3-7-31(23)32-8-4-6-30(24(32)2)27-9-10-35(47-12-11-45)33(14-27)38(40,41)42/h3-11,13-16,18-20H,12,21-22H2,1-2H3. The number of ether oxygens (including phenoxy) is 3. The van der Waals surface area contributed by atoms with Crippen LogP contribution in [-0.4, -0.2) is 24.2 Å². The van der Waals surface area contributed by atoms with Crippen LogP contribution < -0.4 is 14.2 Å². The van der Waals surface area contributed by atoms with E-state index >= 15 is 0 Å². The Morgan fingerprint density at radius 1 is 0.816 bits per heavy atom. The van der Waals surface area contributed by atoms with Crippen LogP contribution in [0, 0.1) is 25.2 Å². The second-order valence-corrected chi connectivity index (χ2v) is 11.4. The summed E-state index contributed by atoms with van der Waals surface area (Å²) in [5.74, 6) is 0.116. The van der Waals surface area contributed by atoms with Crippen LogP contribution in [0.3, 0.4) is 0 Å². The van der Waals surface area contributed by atoms with E-state index in [0.717, 1.165) is 33.9 Å². The molecule has 0 N–H and O–H groups in total. The molecule has 1 aromatic heterocycles. The van der Waals surface area contributed by atoms with Gasteiger partial charge in [0.15, 0.2) is 12.6 Å². The minimum Gasteiger partial charge on any atom is -0.488 e. The molecule has 0 atom stereocenters. The summed E-state index contributed by atoms with van der Waals surface area (Å²) in [4.78, 5) is 26.5. The Morgan fingerprint density at radius 3 is 2.24 bits per heavy atom. The normalized spacial score (nSPS) is 11.0. The highest BCUT2D eigenvalue weighted by atomic mass is 35.5. The Morgan fingerprint density at radius 2 is 1.53 bits per heavy atom. The minimum atomic E-state index is -4.69. The maximum absolute atomic E-state index is 13.9. The summed E-state index contributed by atoms with van der Waals surface area (Å²) in [6.07, 6.45) is -0.672. The Bertz CT molecular complexity index is 2070. The van der Waals surface area contributed by atoms with E-state index in [9.17, 15) is 22.8 Å². The van der Waals surface area contributed by atoms with Gasteiger partial charge in [-0.3, -0.25) is 14.6 Å². The molecule has 0 spiro atoms. The van der Waals surface area contributed by atoms with E-state index in [0.29, 0.717) is 34.8 Å². The maximum Gasteiger partial charge on any atom is 0.419 e. The number of hydrogen-bond acceptors (Lipinski definition) is 7. The molecule has 5 aromatic rings. The number of alkyl halides is 3. The van der Waals surface area contributed by atoms with Crippen molar-refractivity contribution in [2.45, 2.75) is 33.2 Å². The fourth-order valence-electron chi connectivity index (χ4n) is 5.36. The Hall–Kier alpha value is -5.66. The van der Waals surface area contributed by atoms with Crippen molar-refractivity contribution in [3.8, 4) is 45.6 Å². The molecule has 248 valence electrons. The Balaban J connectivity index is 1.41. The number of aldehydes is 2. The summed E-state index contributed by atoms with van der Waals surface area (Å²) in [5, 5.41) is 9.34. The largest absolute Gasteiger partial charge is 0.488 e. The summed E-state index contributed by atoms with van der Waals surface area (Å²) in [5.41, 5.74) is 5.40. The van der Waals surface area contributed by atoms with Gasteiger partial charge < -0.3 is 14.2 Å². The van der Waals surface area contributed by atoms with Crippen molar-refractivity contribution in [1.82, 2.24) is 4.98 Å². The molecule has 0 unspecified atom stereocenters. The molecule has 0 amide bonds. The number of pyridine rings is 1. The zero-order valence-electron chi connectivity index (χ0n) is 26.3. The van der Waals surface area contributed by atoms with Gasteiger partial charge >= 0.3 is 6.18 Å². The van der Waals surface area contributed by atoms with Crippen LogP contribution >= 0.6 is 11.6 Å². The zero-order valence-corrected chi connectivity index (χ0v) is 27.1. The zero-order chi connectivity index (χ0) is 35.1. The second kappa shape index (κ2) is 15.0. The molecule has 4 aromatic carbocycles. The molecule has 0 aliphatic rings. The number of nitrogens with zero attached hydrogens (tertiary/aromatic N) is 2. The molecule has 0 saturated carbocycles. The second-order valence-electron chi connectivity index (χ2n) is 11.0. The van der Waals surface area contributed by atoms with Crippen molar-refractivity contribution >= 4 is 24.2 Å². The number of carbonyl (C=O) groups is 2. The van der Waals surface area contributed by atoms with E-state index in [-0.39, 0.29) is 35.3 Å². The first kappa shape index (κ1) is 34.7. The van der Waals surface area contributed by atoms with Gasteiger partial charge in [0.2, 0.25) is 0 Å². The highest BCUT2D eigenvalue weighted by Crippen LogP contribution is 2.41. The smallest absolute Gasteiger partial charge is 0.419 e. The molecule has 7 nitrogen and oxygen atoms in total. The summed E-state index contributed by atoms with van der Waals surface area (Å²) < 4.78 is 58.7. The Kier molecular flexibility index (Phi) is 10.6. The van der Waals surface area contributed by atoms with Crippen LogP contribution in [0.5, 0.6) is 17.2 Å². The number of halogens is 4. The van der Waals surface area contributed by atoms with E-state index in [1.54, 1.807) is 24.4 Å². The average Bonchev–Trinajstić information content (AvgIpc) is 3.10. The first-order valence-electron chi connectivity index (χ1n) is 14.9. The van der Waals surface area contributed by atoms with Crippen molar-refractivity contribution in [2.75, 3.05) is 6.61 Å². The van der Waals surface area contributed by atoms with Gasteiger partial charge in [-0.15, -0.1) is 0 Å². The summed E-state index contributed by atoms with van der Waals surface area (Å²) in [6.45, 7) is 3.46. The number of hydrogen-bond donors (Lipinski definition) is 0. The van der Waals surface area contributed by atoms with Gasteiger partial charge in [0, 0.05) is 24.0 Å². The van der Waals surface area contributed by atoms with Gasteiger partial charge in [-0.25, -0.2) is 0 Å². The Labute approximate surface area is 285 Å². The third-order valence-corrected chi connectivity index (χ3v) is 8.16. The quantitative estimate of drug-likeness (QED) is 0.121. The van der Waals surface area contributed by atoms with Crippen molar-refractivity contribution in [2.24, 2.45) is 0 Å². The van der Waals surface area contributed by atoms with Gasteiger partial charge in [0.1, 0.15) is 43.1 Å². The van der Waals surface area contributed by atoms with Gasteiger partial charge in [-0.2, -0.15) is 18.4 Å². The van der Waals surface area contributed by atoms with E-state index < -0.39 is 24.1 Å². The van der Waals surface area contributed by atoms with Crippen LogP contribution in [0.4, 0.5) is 13.2 Å². The summed E-state index contributed by atoms with van der Waals surface area (Å²) in [6, 6.07) is 21.6. The molecule has 0 saturated heterocycles. The lowest BCUT2D eigenvalue weighted by Crippen LogP contribution is -2.10. The summed E-state index contributed by atoms with van der Waals surface area (Å²) >= 11 is 6.46. The molecule has 1 heterocycles. The lowest BCUT2D eigenvalue weighted by molar-refractivity contribution is -0.139. The first-order valence-corrected chi connectivity index (χ1v) is 15.3. The SMILES string of the molecule is Cc1c(COc2cc(OCc3cncc(C#N)c3)c(C=O)cc2Cl)cccc1-c1cccc(-c2ccc(OCC=O)c(C(F)(F)F)c2)c1C. The van der Waals surface area contributed by atoms with Crippen molar-refractivity contribution in [3.05, 3.63) is 129 Å². The fraction of sp³-hybridized carbons (Fsp3) is 0.158. The molecule has 49 heavy (non-hydrogen) atoms. The van der Waals surface area contributed by atoms with Gasteiger partial charge in [-0.05, 0) is 77.1 Å². The molecule has 0 bridgehead atoms. The van der Waals surface area contributed by atoms with Crippen molar-refractivity contribution < 1.29 is 37.0 Å². The first-order chi connectivity index (χ1) is 23.5. The summed E-state index contributed by atoms with van der Waals surface area (Å²) in [7, 11) is 0. The molecule has 0 fully saturated rings. The molecule has 5 rings (SSSR count). The van der Waals surface area contributed by atoms with Gasteiger partial charge in [0.05, 0.1) is 21.7 Å². The lowest BCUT2D eigenvalue weighted by Gasteiger charge is -2.18. The number of benzene rings is 4. The predicted molar refractivity (Wildman–Crippen MR) is 178 cm³/mol. The average molecular weight is 685 g/mol. The third kappa shape index (κ3) is 7.91. The molecular formula is C38H28ClF3N2O5. The number of rotatable bonds is 12. The molecule has 0 aliphatic heterocycles. The minimum absolute atomic E-state index is 0.0552. The lowest BCUT2D eigenvalue weighted by atomic mass is 9.89. The van der Waals surface area contributed by atoms with Crippen molar-refractivity contribution in [1.29, 1.82) is 5.26 Å². The topological polar surface area (TPSA) is 98.5 Å². The predicted octanol–water partition coefficient (Wildman–Crippen LogP) is 9.12. The number of nitriles is 1. The fourth-order valence-corrected chi connectivity index (χ4v) is 5.59. The van der Waals surface area contributed by atoms with E-state index in [1.165, 1.54) is 30.5 Å². The molecular weight excluding hydrogens is 657 g/mol. The molecule has 11 heteroatoms.